The molecule has 1 N–H and O–H groups in total. The lowest BCUT2D eigenvalue weighted by molar-refractivity contribution is -0.139. The van der Waals surface area contributed by atoms with Crippen molar-refractivity contribution in [3.8, 4) is 5.75 Å². The van der Waals surface area contributed by atoms with Crippen molar-refractivity contribution in [1.82, 2.24) is 10.2 Å². The van der Waals surface area contributed by atoms with Gasteiger partial charge in [0, 0.05) is 25.0 Å². The zero-order valence-corrected chi connectivity index (χ0v) is 25.9. The molecule has 8 nitrogen and oxygen atoms in total. The van der Waals surface area contributed by atoms with Gasteiger partial charge in [0.15, 0.2) is 0 Å². The standard InChI is InChI=1S/C33H33ClFN3O5S/c1-3-43-31-12-8-7-11-29(31)38(44(41,42)28-19-15-26(34)16-20-28)23-32(39)37(22-25-13-17-27(35)18-14-25)30(33(40)36-2)21-24-9-5-4-6-10-24/h4-20,30H,3,21-23H2,1-2H3,(H,36,40). The summed E-state index contributed by atoms with van der Waals surface area (Å²) in [6, 6.07) is 25.9. The second kappa shape index (κ2) is 14.9. The van der Waals surface area contributed by atoms with Gasteiger partial charge < -0.3 is 15.0 Å². The molecular formula is C33H33ClFN3O5S. The van der Waals surface area contributed by atoms with E-state index in [-0.39, 0.29) is 35.9 Å². The first-order chi connectivity index (χ1) is 21.1. The fourth-order valence-electron chi connectivity index (χ4n) is 4.69. The van der Waals surface area contributed by atoms with E-state index in [4.69, 9.17) is 16.3 Å². The average Bonchev–Trinajstić information content (AvgIpc) is 3.03. The number of nitrogens with one attached hydrogen (secondary N) is 1. The molecule has 4 rings (SSSR count). The number of hydrogen-bond donors (Lipinski definition) is 1. The summed E-state index contributed by atoms with van der Waals surface area (Å²) in [7, 11) is -2.86. The first kappa shape index (κ1) is 32.5. The molecule has 0 radical (unpaired) electrons. The number of carbonyl (C=O) groups is 2. The first-order valence-electron chi connectivity index (χ1n) is 13.9. The van der Waals surface area contributed by atoms with E-state index in [0.29, 0.717) is 10.6 Å². The highest BCUT2D eigenvalue weighted by atomic mass is 35.5. The summed E-state index contributed by atoms with van der Waals surface area (Å²) in [6.45, 7) is 1.29. The van der Waals surface area contributed by atoms with E-state index in [9.17, 15) is 22.4 Å². The van der Waals surface area contributed by atoms with Crippen molar-refractivity contribution >= 4 is 39.1 Å². The van der Waals surface area contributed by atoms with Crippen LogP contribution in [0.1, 0.15) is 18.1 Å². The number of halogens is 2. The van der Waals surface area contributed by atoms with Gasteiger partial charge in [-0.05, 0) is 66.6 Å². The molecule has 0 aliphatic carbocycles. The topological polar surface area (TPSA) is 96.0 Å². The summed E-state index contributed by atoms with van der Waals surface area (Å²) in [4.78, 5) is 28.9. The van der Waals surface area contributed by atoms with Gasteiger partial charge in [0.1, 0.15) is 24.2 Å². The Morgan fingerprint density at radius 2 is 1.52 bits per heavy atom. The van der Waals surface area contributed by atoms with Gasteiger partial charge >= 0.3 is 0 Å². The summed E-state index contributed by atoms with van der Waals surface area (Å²) in [5.74, 6) is -1.28. The summed E-state index contributed by atoms with van der Waals surface area (Å²) in [6.07, 6.45) is 0.160. The number of carbonyl (C=O) groups excluding carboxylic acids is 2. The van der Waals surface area contributed by atoms with Crippen LogP contribution < -0.4 is 14.4 Å². The number of nitrogens with zero attached hydrogens (tertiary/aromatic N) is 2. The maximum absolute atomic E-state index is 14.4. The van der Waals surface area contributed by atoms with Gasteiger partial charge in [-0.15, -0.1) is 0 Å². The van der Waals surface area contributed by atoms with Gasteiger partial charge in [0.05, 0.1) is 17.2 Å². The Hall–Kier alpha value is -4.41. The molecule has 44 heavy (non-hydrogen) atoms. The minimum Gasteiger partial charge on any atom is -0.492 e. The van der Waals surface area contributed by atoms with Crippen LogP contribution in [0.3, 0.4) is 0 Å². The normalized spacial score (nSPS) is 11.8. The third-order valence-corrected chi connectivity index (χ3v) is 8.92. The summed E-state index contributed by atoms with van der Waals surface area (Å²) < 4.78 is 48.8. The molecule has 0 saturated heterocycles. The molecular weight excluding hydrogens is 605 g/mol. The Morgan fingerprint density at radius 1 is 0.886 bits per heavy atom. The largest absolute Gasteiger partial charge is 0.492 e. The number of rotatable bonds is 13. The minimum atomic E-state index is -4.33. The third-order valence-electron chi connectivity index (χ3n) is 6.90. The van der Waals surface area contributed by atoms with E-state index in [1.807, 2.05) is 30.3 Å². The highest BCUT2D eigenvalue weighted by Crippen LogP contribution is 2.33. The van der Waals surface area contributed by atoms with E-state index in [2.05, 4.69) is 5.32 Å². The SMILES string of the molecule is CCOc1ccccc1N(CC(=O)N(Cc1ccc(F)cc1)C(Cc1ccccc1)C(=O)NC)S(=O)(=O)c1ccc(Cl)cc1. The Balaban J connectivity index is 1.82. The zero-order chi connectivity index (χ0) is 31.7. The first-order valence-corrected chi connectivity index (χ1v) is 15.8. The highest BCUT2D eigenvalue weighted by Gasteiger charge is 2.35. The van der Waals surface area contributed by atoms with Gasteiger partial charge in [-0.3, -0.25) is 13.9 Å². The number of amides is 2. The molecule has 0 fully saturated rings. The number of hydrogen-bond acceptors (Lipinski definition) is 5. The third kappa shape index (κ3) is 7.94. The smallest absolute Gasteiger partial charge is 0.264 e. The van der Waals surface area contributed by atoms with Crippen LogP contribution in [-0.2, 0) is 32.6 Å². The second-order valence-electron chi connectivity index (χ2n) is 9.83. The monoisotopic (exact) mass is 637 g/mol. The van der Waals surface area contributed by atoms with Crippen LogP contribution in [0.15, 0.2) is 108 Å². The van der Waals surface area contributed by atoms with Crippen LogP contribution >= 0.6 is 11.6 Å². The quantitative estimate of drug-likeness (QED) is 0.210. The lowest BCUT2D eigenvalue weighted by Gasteiger charge is -2.34. The minimum absolute atomic E-state index is 0.0774. The molecule has 230 valence electrons. The number of anilines is 1. The lowest BCUT2D eigenvalue weighted by atomic mass is 10.0. The van der Waals surface area contributed by atoms with Crippen molar-refractivity contribution in [3.63, 3.8) is 0 Å². The van der Waals surface area contributed by atoms with E-state index in [0.717, 1.165) is 9.87 Å². The van der Waals surface area contributed by atoms with Crippen LogP contribution in [0.5, 0.6) is 5.75 Å². The molecule has 0 bridgehead atoms. The molecule has 0 aliphatic rings. The maximum atomic E-state index is 14.4. The Labute approximate surface area is 262 Å². The lowest BCUT2D eigenvalue weighted by Crippen LogP contribution is -2.53. The van der Waals surface area contributed by atoms with E-state index < -0.39 is 40.2 Å². The van der Waals surface area contributed by atoms with Gasteiger partial charge in [0.25, 0.3) is 10.0 Å². The summed E-state index contributed by atoms with van der Waals surface area (Å²) >= 11 is 6.03. The van der Waals surface area contributed by atoms with Crippen LogP contribution in [0.4, 0.5) is 10.1 Å². The Morgan fingerprint density at radius 3 is 2.16 bits per heavy atom. The van der Waals surface area contributed by atoms with Crippen molar-refractivity contribution in [2.75, 3.05) is 24.5 Å². The molecule has 4 aromatic rings. The summed E-state index contributed by atoms with van der Waals surface area (Å²) in [5.41, 5.74) is 1.51. The van der Waals surface area contributed by atoms with E-state index >= 15 is 0 Å². The van der Waals surface area contributed by atoms with Crippen molar-refractivity contribution in [2.45, 2.75) is 30.8 Å². The molecule has 0 heterocycles. The number of likely N-dealkylation sites (N-methyl/N-ethyl adjacent to an activating group) is 1. The fraction of sp³-hybridized carbons (Fsp3) is 0.212. The van der Waals surface area contributed by atoms with Crippen molar-refractivity contribution in [2.24, 2.45) is 0 Å². The van der Waals surface area contributed by atoms with Crippen molar-refractivity contribution in [1.29, 1.82) is 0 Å². The fourth-order valence-corrected chi connectivity index (χ4v) is 6.25. The zero-order valence-electron chi connectivity index (χ0n) is 24.3. The highest BCUT2D eigenvalue weighted by molar-refractivity contribution is 7.92. The predicted molar refractivity (Wildman–Crippen MR) is 169 cm³/mol. The number of sulfonamides is 1. The molecule has 4 aromatic carbocycles. The van der Waals surface area contributed by atoms with Crippen LogP contribution in [0.25, 0.3) is 0 Å². The molecule has 0 saturated carbocycles. The van der Waals surface area contributed by atoms with Gasteiger partial charge in [-0.2, -0.15) is 0 Å². The average molecular weight is 638 g/mol. The van der Waals surface area contributed by atoms with Gasteiger partial charge in [-0.25, -0.2) is 12.8 Å². The number of ether oxygens (including phenoxy) is 1. The predicted octanol–water partition coefficient (Wildman–Crippen LogP) is 5.46. The van der Waals surface area contributed by atoms with Gasteiger partial charge in [-0.1, -0.05) is 66.2 Å². The molecule has 0 aliphatic heterocycles. The number of benzene rings is 4. The van der Waals surface area contributed by atoms with E-state index in [1.165, 1.54) is 60.5 Å². The molecule has 2 amide bonds. The van der Waals surface area contributed by atoms with E-state index in [1.54, 1.807) is 31.2 Å². The second-order valence-corrected chi connectivity index (χ2v) is 12.1. The molecule has 0 spiro atoms. The Bertz CT molecular complexity index is 1670. The molecule has 1 atom stereocenters. The Kier molecular flexibility index (Phi) is 11.0. The van der Waals surface area contributed by atoms with Crippen molar-refractivity contribution in [3.05, 3.63) is 125 Å². The number of para-hydroxylation sites is 2. The van der Waals surface area contributed by atoms with Gasteiger partial charge in [0.2, 0.25) is 11.8 Å². The van der Waals surface area contributed by atoms with Crippen LogP contribution in [0, 0.1) is 5.82 Å². The van der Waals surface area contributed by atoms with Crippen LogP contribution in [0.2, 0.25) is 5.02 Å². The molecule has 1 unspecified atom stereocenters. The maximum Gasteiger partial charge on any atom is 0.264 e. The molecule has 11 heteroatoms. The molecule has 0 aromatic heterocycles. The summed E-state index contributed by atoms with van der Waals surface area (Å²) in [5, 5.41) is 2.98. The van der Waals surface area contributed by atoms with Crippen molar-refractivity contribution < 1.29 is 27.1 Å². The van der Waals surface area contributed by atoms with Crippen LogP contribution in [-0.4, -0.2) is 51.4 Å².